The SMILES string of the molecule is O=C(c1ccc(OCC2CC2)nc1)N1CCN([C@H]2CCC[C@H]2O)CC1. The van der Waals surface area contributed by atoms with Crippen LogP contribution in [0.25, 0.3) is 0 Å². The van der Waals surface area contributed by atoms with Crippen LogP contribution in [0.2, 0.25) is 0 Å². The number of aliphatic hydroxyl groups is 1. The van der Waals surface area contributed by atoms with E-state index in [-0.39, 0.29) is 18.1 Å². The first-order valence-electron chi connectivity index (χ1n) is 9.51. The molecule has 6 heteroatoms. The van der Waals surface area contributed by atoms with E-state index in [0.29, 0.717) is 30.5 Å². The fraction of sp³-hybridized carbons (Fsp3) is 0.684. The summed E-state index contributed by atoms with van der Waals surface area (Å²) in [6.07, 6.45) is 7.01. The van der Waals surface area contributed by atoms with E-state index >= 15 is 0 Å². The predicted octanol–water partition coefficient (Wildman–Crippen LogP) is 1.54. The molecule has 2 heterocycles. The van der Waals surface area contributed by atoms with Gasteiger partial charge in [0.1, 0.15) is 0 Å². The first-order chi connectivity index (χ1) is 12.2. The van der Waals surface area contributed by atoms with Crippen LogP contribution in [0.3, 0.4) is 0 Å². The molecule has 6 nitrogen and oxygen atoms in total. The molecule has 3 aliphatic rings. The predicted molar refractivity (Wildman–Crippen MR) is 93.6 cm³/mol. The maximum absolute atomic E-state index is 12.7. The van der Waals surface area contributed by atoms with Crippen molar-refractivity contribution in [2.45, 2.75) is 44.2 Å². The third-order valence-corrected chi connectivity index (χ3v) is 5.66. The Hall–Kier alpha value is -1.66. The van der Waals surface area contributed by atoms with Gasteiger partial charge in [0.25, 0.3) is 5.91 Å². The molecule has 0 bridgehead atoms. The Morgan fingerprint density at radius 2 is 1.96 bits per heavy atom. The zero-order valence-electron chi connectivity index (χ0n) is 14.6. The van der Waals surface area contributed by atoms with Crippen molar-refractivity contribution >= 4 is 5.91 Å². The lowest BCUT2D eigenvalue weighted by Crippen LogP contribution is -2.53. The highest BCUT2D eigenvalue weighted by Gasteiger charge is 2.33. The monoisotopic (exact) mass is 345 g/mol. The van der Waals surface area contributed by atoms with E-state index in [1.807, 2.05) is 11.0 Å². The molecule has 25 heavy (non-hydrogen) atoms. The summed E-state index contributed by atoms with van der Waals surface area (Å²) < 4.78 is 5.62. The molecule has 0 radical (unpaired) electrons. The molecule has 1 N–H and O–H groups in total. The number of amides is 1. The van der Waals surface area contributed by atoms with E-state index in [4.69, 9.17) is 4.74 Å². The first-order valence-corrected chi connectivity index (χ1v) is 9.51. The van der Waals surface area contributed by atoms with Crippen molar-refractivity contribution in [2.24, 2.45) is 5.92 Å². The number of aliphatic hydroxyl groups excluding tert-OH is 1. The highest BCUT2D eigenvalue weighted by atomic mass is 16.5. The van der Waals surface area contributed by atoms with Crippen LogP contribution in [-0.2, 0) is 0 Å². The van der Waals surface area contributed by atoms with E-state index in [2.05, 4.69) is 9.88 Å². The molecular formula is C19H27N3O3. The van der Waals surface area contributed by atoms with Crippen molar-refractivity contribution in [3.63, 3.8) is 0 Å². The van der Waals surface area contributed by atoms with Crippen molar-refractivity contribution in [1.82, 2.24) is 14.8 Å². The summed E-state index contributed by atoms with van der Waals surface area (Å²) in [5.74, 6) is 1.33. The van der Waals surface area contributed by atoms with Crippen LogP contribution in [0.15, 0.2) is 18.3 Å². The molecule has 2 aliphatic carbocycles. The fourth-order valence-corrected chi connectivity index (χ4v) is 3.87. The molecule has 4 rings (SSSR count). The Labute approximate surface area is 148 Å². The van der Waals surface area contributed by atoms with E-state index < -0.39 is 0 Å². The zero-order valence-corrected chi connectivity index (χ0v) is 14.6. The van der Waals surface area contributed by atoms with Crippen LogP contribution in [-0.4, -0.2) is 70.7 Å². The largest absolute Gasteiger partial charge is 0.477 e. The molecular weight excluding hydrogens is 318 g/mol. The normalized spacial score (nSPS) is 27.5. The van der Waals surface area contributed by atoms with E-state index in [1.165, 1.54) is 12.8 Å². The molecule has 1 aromatic heterocycles. The number of piperazine rings is 1. The molecule has 2 saturated carbocycles. The Bertz CT molecular complexity index is 594. The van der Waals surface area contributed by atoms with Crippen molar-refractivity contribution in [3.05, 3.63) is 23.9 Å². The van der Waals surface area contributed by atoms with E-state index in [0.717, 1.165) is 39.0 Å². The second kappa shape index (κ2) is 7.30. The average molecular weight is 345 g/mol. The smallest absolute Gasteiger partial charge is 0.255 e. The Kier molecular flexibility index (Phi) is 4.90. The summed E-state index contributed by atoms with van der Waals surface area (Å²) in [7, 11) is 0. The molecule has 0 spiro atoms. The quantitative estimate of drug-likeness (QED) is 0.877. The van der Waals surface area contributed by atoms with Gasteiger partial charge in [0.05, 0.1) is 18.3 Å². The van der Waals surface area contributed by atoms with Gasteiger partial charge < -0.3 is 14.7 Å². The molecule has 2 atom stereocenters. The van der Waals surface area contributed by atoms with Gasteiger partial charge >= 0.3 is 0 Å². The molecule has 1 aromatic rings. The molecule has 1 saturated heterocycles. The molecule has 1 aliphatic heterocycles. The number of hydrogen-bond acceptors (Lipinski definition) is 5. The standard InChI is InChI=1S/C19H27N3O3/c23-17-3-1-2-16(17)21-8-10-22(11-9-21)19(24)15-6-7-18(20-12-15)25-13-14-4-5-14/h6-7,12,14,16-17,23H,1-5,8-11,13H2/t16-,17+/m0/s1. The number of carbonyl (C=O) groups excluding carboxylic acids is 1. The molecule has 3 fully saturated rings. The molecule has 1 amide bonds. The topological polar surface area (TPSA) is 65.9 Å². The van der Waals surface area contributed by atoms with Gasteiger partial charge in [-0.3, -0.25) is 9.69 Å². The summed E-state index contributed by atoms with van der Waals surface area (Å²) in [5, 5.41) is 10.1. The van der Waals surface area contributed by atoms with Crippen LogP contribution in [0.5, 0.6) is 5.88 Å². The fourth-order valence-electron chi connectivity index (χ4n) is 3.87. The number of ether oxygens (including phenoxy) is 1. The van der Waals surface area contributed by atoms with Crippen LogP contribution in [0, 0.1) is 5.92 Å². The minimum absolute atomic E-state index is 0.0351. The maximum atomic E-state index is 12.7. The van der Waals surface area contributed by atoms with Gasteiger partial charge in [-0.1, -0.05) is 0 Å². The van der Waals surface area contributed by atoms with Crippen LogP contribution < -0.4 is 4.74 Å². The second-order valence-corrected chi connectivity index (χ2v) is 7.53. The lowest BCUT2D eigenvalue weighted by atomic mass is 10.1. The number of hydrogen-bond donors (Lipinski definition) is 1. The third kappa shape index (κ3) is 3.96. The van der Waals surface area contributed by atoms with Gasteiger partial charge in [-0.25, -0.2) is 4.98 Å². The lowest BCUT2D eigenvalue weighted by molar-refractivity contribution is 0.0315. The Morgan fingerprint density at radius 1 is 1.16 bits per heavy atom. The van der Waals surface area contributed by atoms with Gasteiger partial charge in [0.2, 0.25) is 5.88 Å². The number of nitrogens with zero attached hydrogens (tertiary/aromatic N) is 3. The Morgan fingerprint density at radius 3 is 2.56 bits per heavy atom. The first kappa shape index (κ1) is 16.8. The number of rotatable bonds is 5. The summed E-state index contributed by atoms with van der Waals surface area (Å²) >= 11 is 0. The Balaban J connectivity index is 1.29. The van der Waals surface area contributed by atoms with Crippen molar-refractivity contribution < 1.29 is 14.6 Å². The summed E-state index contributed by atoms with van der Waals surface area (Å²) in [4.78, 5) is 21.2. The van der Waals surface area contributed by atoms with Gasteiger partial charge in [-0.2, -0.15) is 0 Å². The van der Waals surface area contributed by atoms with Crippen molar-refractivity contribution in [1.29, 1.82) is 0 Å². The highest BCUT2D eigenvalue weighted by Crippen LogP contribution is 2.29. The highest BCUT2D eigenvalue weighted by molar-refractivity contribution is 5.94. The molecule has 136 valence electrons. The van der Waals surface area contributed by atoms with Gasteiger partial charge in [0.15, 0.2) is 0 Å². The summed E-state index contributed by atoms with van der Waals surface area (Å²) in [6.45, 7) is 3.83. The van der Waals surface area contributed by atoms with Crippen LogP contribution >= 0.6 is 0 Å². The third-order valence-electron chi connectivity index (χ3n) is 5.66. The van der Waals surface area contributed by atoms with E-state index in [1.54, 1.807) is 12.3 Å². The van der Waals surface area contributed by atoms with Gasteiger partial charge in [0, 0.05) is 44.5 Å². The van der Waals surface area contributed by atoms with Crippen molar-refractivity contribution in [3.8, 4) is 5.88 Å². The zero-order chi connectivity index (χ0) is 17.2. The minimum atomic E-state index is -0.199. The maximum Gasteiger partial charge on any atom is 0.255 e. The number of carbonyl (C=O) groups is 1. The summed E-state index contributed by atoms with van der Waals surface area (Å²) in [6, 6.07) is 3.88. The second-order valence-electron chi connectivity index (χ2n) is 7.53. The number of aromatic nitrogens is 1. The lowest BCUT2D eigenvalue weighted by Gasteiger charge is -2.39. The van der Waals surface area contributed by atoms with Crippen molar-refractivity contribution in [2.75, 3.05) is 32.8 Å². The minimum Gasteiger partial charge on any atom is -0.477 e. The van der Waals surface area contributed by atoms with E-state index in [9.17, 15) is 9.90 Å². The molecule has 0 aromatic carbocycles. The average Bonchev–Trinajstić information content (AvgIpc) is 3.39. The number of pyridine rings is 1. The van der Waals surface area contributed by atoms with Crippen LogP contribution in [0.4, 0.5) is 0 Å². The van der Waals surface area contributed by atoms with Gasteiger partial charge in [-0.05, 0) is 44.1 Å². The summed E-state index contributed by atoms with van der Waals surface area (Å²) in [5.41, 5.74) is 0.619. The van der Waals surface area contributed by atoms with Gasteiger partial charge in [-0.15, -0.1) is 0 Å². The molecule has 0 unspecified atom stereocenters. The van der Waals surface area contributed by atoms with Crippen LogP contribution in [0.1, 0.15) is 42.5 Å².